The molecule has 29 nitrogen and oxygen atoms in total. The number of nitrogens with zero attached hydrogens (tertiary/aromatic N) is 5. The molecule has 16 N–H and O–H groups in total. The number of para-hydroxylation sites is 3. The predicted molar refractivity (Wildman–Crippen MR) is 321 cm³/mol. The van der Waals surface area contributed by atoms with Crippen LogP contribution in [0.1, 0.15) is 82.0 Å². The highest BCUT2D eigenvalue weighted by Gasteiger charge is 2.41. The fraction of sp³-hybridized carbons (Fsp3) is 0.571. The number of carbonyl (C=O) groups excluding carboxylic acids is 6. The predicted octanol–water partition coefficient (Wildman–Crippen LogP) is 3.99. The Morgan fingerprint density at radius 1 is 0.570 bits per heavy atom. The summed E-state index contributed by atoms with van der Waals surface area (Å²) >= 11 is 0. The van der Waals surface area contributed by atoms with Crippen molar-refractivity contribution in [2.45, 2.75) is 121 Å². The third kappa shape index (κ3) is 37.7. The number of likely N-dealkylation sites (tertiary alicyclic amines) is 1. The number of amides is 6. The van der Waals surface area contributed by atoms with Crippen molar-refractivity contribution in [3.05, 3.63) is 54.1 Å². The van der Waals surface area contributed by atoms with E-state index in [0.29, 0.717) is 86.8 Å². The molecule has 2 aromatic carbocycles. The monoisotopic (exact) mass is 1470 g/mol. The van der Waals surface area contributed by atoms with Crippen molar-refractivity contribution in [2.75, 3.05) is 88.8 Å². The highest BCUT2D eigenvalue weighted by atomic mass is 19.4. The zero-order valence-electron chi connectivity index (χ0n) is 53.1. The molecule has 2 saturated heterocycles. The van der Waals surface area contributed by atoms with E-state index in [1.165, 1.54) is 6.92 Å². The van der Waals surface area contributed by atoms with E-state index < -0.39 is 96.6 Å². The van der Waals surface area contributed by atoms with Crippen LogP contribution in [0.5, 0.6) is 0 Å². The minimum atomic E-state index is -5.08. The van der Waals surface area contributed by atoms with E-state index in [1.807, 2.05) is 42.5 Å². The first-order valence-corrected chi connectivity index (χ1v) is 29.5. The summed E-state index contributed by atoms with van der Waals surface area (Å²) in [6.07, 6.45) is -18.5. The van der Waals surface area contributed by atoms with Gasteiger partial charge in [-0.05, 0) is 121 Å². The SMILES string of the molecule is CC(=O)NC(=O)[C@H](CCCCN)NC(=O)[C@H](C)NC(=O)[C@H](CCCN=C(N)N)NCCN1CCN(CCCC2CCN(CC(=O)N3c4ccccc4NC(=O)c4ccccc43)CC2)CC1.O=C(O)C(F)(F)F.O=C(O)C(F)(F)F.O=C(O)C(F)(F)F.O=C(O)C(F)(F)F.O=C(O)C(F)(F)F. The van der Waals surface area contributed by atoms with Crippen LogP contribution in [-0.4, -0.2) is 239 Å². The number of imide groups is 1. The van der Waals surface area contributed by atoms with Gasteiger partial charge in [0.2, 0.25) is 29.5 Å². The van der Waals surface area contributed by atoms with E-state index in [1.54, 1.807) is 17.9 Å². The molecule has 3 atom stereocenters. The average molecular weight is 1470 g/mol. The third-order valence-corrected chi connectivity index (χ3v) is 13.6. The molecular weight excluding hydrogens is 1400 g/mol. The fourth-order valence-corrected chi connectivity index (χ4v) is 8.68. The van der Waals surface area contributed by atoms with Crippen LogP contribution in [0.3, 0.4) is 0 Å². The lowest BCUT2D eigenvalue weighted by atomic mass is 9.92. The number of alkyl halides is 15. The maximum Gasteiger partial charge on any atom is 0.490 e. The summed E-state index contributed by atoms with van der Waals surface area (Å²) in [7, 11) is 0. The number of aliphatic imine (C=N–C) groups is 1. The highest BCUT2D eigenvalue weighted by Crippen LogP contribution is 2.38. The number of hydrogen-bond acceptors (Lipinski definition) is 17. The second-order valence-electron chi connectivity index (χ2n) is 21.4. The van der Waals surface area contributed by atoms with Crippen LogP contribution in [0, 0.1) is 5.92 Å². The maximum absolute atomic E-state index is 13.9. The lowest BCUT2D eigenvalue weighted by Crippen LogP contribution is -2.56. The number of nitrogens with one attached hydrogen (secondary N) is 5. The van der Waals surface area contributed by atoms with E-state index in [0.717, 1.165) is 78.0 Å². The first-order valence-electron chi connectivity index (χ1n) is 29.5. The number of hydrogen-bond donors (Lipinski definition) is 13. The van der Waals surface area contributed by atoms with Crippen LogP contribution >= 0.6 is 0 Å². The molecule has 0 saturated carbocycles. The number of rotatable bonds is 23. The first kappa shape index (κ1) is 90.8. The molecule has 0 aromatic heterocycles. The maximum atomic E-state index is 13.9. The topological polar surface area (TPSA) is 452 Å². The molecular formula is C56H76F15N13O16. The largest absolute Gasteiger partial charge is 0.490 e. The summed E-state index contributed by atoms with van der Waals surface area (Å²) in [6.45, 7) is 11.7. The zero-order chi connectivity index (χ0) is 77.1. The van der Waals surface area contributed by atoms with E-state index in [-0.39, 0.29) is 23.7 Å². The summed E-state index contributed by atoms with van der Waals surface area (Å²) in [5, 5.41) is 49.7. The Kier molecular flexibility index (Phi) is 39.4. The lowest BCUT2D eigenvalue weighted by molar-refractivity contribution is -0.193. The molecule has 0 radical (unpaired) electrons. The highest BCUT2D eigenvalue weighted by molar-refractivity contribution is 6.18. The quantitative estimate of drug-likeness (QED) is 0.0324. The van der Waals surface area contributed by atoms with Gasteiger partial charge in [-0.1, -0.05) is 24.3 Å². The van der Waals surface area contributed by atoms with Crippen molar-refractivity contribution >= 4 is 88.3 Å². The Morgan fingerprint density at radius 3 is 1.46 bits per heavy atom. The molecule has 2 fully saturated rings. The van der Waals surface area contributed by atoms with E-state index in [2.05, 4.69) is 46.3 Å². The van der Waals surface area contributed by atoms with Crippen molar-refractivity contribution in [1.82, 2.24) is 36.0 Å². The Morgan fingerprint density at radius 2 is 1.01 bits per heavy atom. The van der Waals surface area contributed by atoms with Gasteiger partial charge < -0.3 is 68.9 Å². The number of aliphatic carboxylic acids is 5. The van der Waals surface area contributed by atoms with Crippen molar-refractivity contribution in [2.24, 2.45) is 28.1 Å². The van der Waals surface area contributed by atoms with E-state index in [4.69, 9.17) is 66.7 Å². The fourth-order valence-electron chi connectivity index (χ4n) is 8.68. The molecule has 44 heteroatoms. The van der Waals surface area contributed by atoms with Crippen molar-refractivity contribution in [3.63, 3.8) is 0 Å². The summed E-state index contributed by atoms with van der Waals surface area (Å²) in [4.78, 5) is 135. The molecule has 3 aliphatic heterocycles. The number of carbonyl (C=O) groups is 11. The van der Waals surface area contributed by atoms with Crippen LogP contribution in [0.25, 0.3) is 0 Å². The molecule has 0 aliphatic carbocycles. The molecule has 0 unspecified atom stereocenters. The van der Waals surface area contributed by atoms with Gasteiger partial charge in [-0.25, -0.2) is 24.0 Å². The Balaban J connectivity index is 0.00000227. The van der Waals surface area contributed by atoms with Crippen molar-refractivity contribution in [3.8, 4) is 0 Å². The van der Waals surface area contributed by atoms with Gasteiger partial charge >= 0.3 is 60.7 Å². The third-order valence-electron chi connectivity index (χ3n) is 13.6. The smallest absolute Gasteiger partial charge is 0.475 e. The molecule has 3 heterocycles. The van der Waals surface area contributed by atoms with Crippen molar-refractivity contribution in [1.29, 1.82) is 0 Å². The van der Waals surface area contributed by atoms with Gasteiger partial charge in [0.1, 0.15) is 12.1 Å². The molecule has 566 valence electrons. The first-order chi connectivity index (χ1) is 46.0. The summed E-state index contributed by atoms with van der Waals surface area (Å²) in [6, 6.07) is 12.2. The van der Waals surface area contributed by atoms with Crippen molar-refractivity contribution < 1.29 is 144 Å². The number of fused-ring (bicyclic) bond motifs is 2. The normalized spacial score (nSPS) is 15.2. The van der Waals surface area contributed by atoms with Crippen LogP contribution < -0.4 is 48.7 Å². The van der Waals surface area contributed by atoms with E-state index in [9.17, 15) is 94.6 Å². The van der Waals surface area contributed by atoms with Gasteiger partial charge in [0.05, 0.1) is 35.2 Å². The van der Waals surface area contributed by atoms with Gasteiger partial charge in [0.15, 0.2) is 5.96 Å². The molecule has 0 spiro atoms. The van der Waals surface area contributed by atoms with Gasteiger partial charge in [-0.2, -0.15) is 65.9 Å². The number of carboxylic acids is 5. The number of nitrogens with two attached hydrogens (primary N) is 3. The summed E-state index contributed by atoms with van der Waals surface area (Å²) in [5.74, 6) is -15.5. The lowest BCUT2D eigenvalue weighted by Gasteiger charge is -2.36. The second kappa shape index (κ2) is 43.4. The number of carboxylic acid groups (broad SMARTS) is 5. The Bertz CT molecular complexity index is 2890. The van der Waals surface area contributed by atoms with Crippen LogP contribution in [0.2, 0.25) is 0 Å². The van der Waals surface area contributed by atoms with E-state index >= 15 is 0 Å². The number of piperazine rings is 1. The minimum absolute atomic E-state index is 0.0220. The zero-order valence-corrected chi connectivity index (χ0v) is 53.1. The standard InChI is InChI=1S/C46H71N13O6.5C2HF3O2/c1-32(42(62)55-38(14-7-8-20-47)45(65)53-33(2)60)52-44(64)37(15-9-21-51-46(48)49)50-22-26-57-29-27-56(28-30-57)23-10-11-34-18-24-58(25-19-34)31-41(61)59-39-16-5-3-12-35(39)43(63)54-36-13-4-6-17-40(36)59;5*3-2(4,5)1(6)7/h3-6,12-13,16-17,32,34,37-38,50H,7-11,14-15,18-31,47H2,1-2H3,(H,52,64)(H,54,63)(H,55,62)(H4,48,49,51)(H,53,60,65);5*(H,6,7)/t32-,37-,38-;;;;;/m0...../s1. The number of anilines is 3. The second-order valence-corrected chi connectivity index (χ2v) is 21.4. The number of piperidine rings is 1. The summed E-state index contributed by atoms with van der Waals surface area (Å²) < 4.78 is 159. The number of guanidine groups is 1. The molecule has 3 aliphatic rings. The number of benzene rings is 2. The molecule has 5 rings (SSSR count). The van der Waals surface area contributed by atoms with Gasteiger partial charge in [-0.3, -0.25) is 53.8 Å². The summed E-state index contributed by atoms with van der Waals surface area (Å²) in [5.41, 5.74) is 19.0. The van der Waals surface area contributed by atoms with Gasteiger partial charge in [-0.15, -0.1) is 0 Å². The molecule has 0 bridgehead atoms. The van der Waals surface area contributed by atoms with Gasteiger partial charge in [0, 0.05) is 52.7 Å². The Labute approximate surface area is 558 Å². The molecule has 100 heavy (non-hydrogen) atoms. The van der Waals surface area contributed by atoms with Gasteiger partial charge in [0.25, 0.3) is 5.91 Å². The number of unbranched alkanes of at least 4 members (excludes halogenated alkanes) is 1. The van der Waals surface area contributed by atoms with Crippen LogP contribution in [0.4, 0.5) is 82.9 Å². The number of halogens is 15. The van der Waals surface area contributed by atoms with Crippen LogP contribution in [0.15, 0.2) is 53.5 Å². The van der Waals surface area contributed by atoms with Crippen LogP contribution in [-0.2, 0) is 47.9 Å². The average Bonchev–Trinajstić information content (AvgIpc) is 1.59. The molecule has 2 aromatic rings. The Hall–Kier alpha value is -9.17. The molecule has 6 amide bonds. The minimum Gasteiger partial charge on any atom is -0.475 e.